The number of rotatable bonds is 7. The van der Waals surface area contributed by atoms with Crippen LogP contribution in [0.25, 0.3) is 0 Å². The number of carbonyl (C=O) groups is 2. The van der Waals surface area contributed by atoms with Crippen LogP contribution in [0.15, 0.2) is 24.3 Å². The lowest BCUT2D eigenvalue weighted by atomic mass is 10.1. The number of carboxylic acid groups (broad SMARTS) is 1. The first kappa shape index (κ1) is 15.1. The molecule has 0 heterocycles. The van der Waals surface area contributed by atoms with Crippen LogP contribution in [-0.4, -0.2) is 36.2 Å². The van der Waals surface area contributed by atoms with E-state index >= 15 is 0 Å². The summed E-state index contributed by atoms with van der Waals surface area (Å²) in [4.78, 5) is 22.4. The summed E-state index contributed by atoms with van der Waals surface area (Å²) in [5.74, 6) is -2.12. The van der Waals surface area contributed by atoms with E-state index in [2.05, 4.69) is 5.32 Å². The van der Waals surface area contributed by atoms with E-state index in [0.29, 0.717) is 12.2 Å². The molecule has 1 aromatic rings. The molecule has 0 aliphatic heterocycles. The summed E-state index contributed by atoms with van der Waals surface area (Å²) in [7, 11) is 0. The zero-order valence-corrected chi connectivity index (χ0v) is 10.6. The molecule has 0 aromatic heterocycles. The fourth-order valence-electron chi connectivity index (χ4n) is 1.53. The lowest BCUT2D eigenvalue weighted by molar-refractivity contribution is -0.142. The lowest BCUT2D eigenvalue weighted by Gasteiger charge is -2.14. The molecule has 0 radical (unpaired) electrons. The van der Waals surface area contributed by atoms with Crippen LogP contribution in [0.2, 0.25) is 0 Å². The molecule has 1 rings (SSSR count). The summed E-state index contributed by atoms with van der Waals surface area (Å²) in [6, 6.07) is 4.51. The largest absolute Gasteiger partial charge is 0.480 e. The van der Waals surface area contributed by atoms with Crippen molar-refractivity contribution in [3.05, 3.63) is 35.6 Å². The predicted molar refractivity (Wildman–Crippen MR) is 66.2 cm³/mol. The maximum Gasteiger partial charge on any atom is 0.326 e. The van der Waals surface area contributed by atoms with Gasteiger partial charge >= 0.3 is 5.97 Å². The molecule has 1 amide bonds. The molecule has 0 fully saturated rings. The van der Waals surface area contributed by atoms with Gasteiger partial charge < -0.3 is 15.2 Å². The molecule has 0 aliphatic rings. The smallest absolute Gasteiger partial charge is 0.326 e. The van der Waals surface area contributed by atoms with Crippen molar-refractivity contribution < 1.29 is 23.8 Å². The van der Waals surface area contributed by atoms with Crippen LogP contribution in [-0.2, 0) is 20.7 Å². The minimum atomic E-state index is -1.17. The van der Waals surface area contributed by atoms with Crippen LogP contribution < -0.4 is 5.32 Å². The Kier molecular flexibility index (Phi) is 5.95. The summed E-state index contributed by atoms with van der Waals surface area (Å²) < 4.78 is 17.9. The third-order valence-electron chi connectivity index (χ3n) is 2.40. The zero-order valence-electron chi connectivity index (χ0n) is 10.6. The van der Waals surface area contributed by atoms with Crippen molar-refractivity contribution in [1.82, 2.24) is 5.32 Å². The van der Waals surface area contributed by atoms with E-state index in [0.717, 1.165) is 0 Å². The van der Waals surface area contributed by atoms with E-state index in [1.54, 1.807) is 13.0 Å². The lowest BCUT2D eigenvalue weighted by Crippen LogP contribution is -2.43. The highest BCUT2D eigenvalue weighted by Crippen LogP contribution is 2.07. The molecule has 19 heavy (non-hydrogen) atoms. The molecular formula is C13H16FNO4. The Bertz CT molecular complexity index is 450. The van der Waals surface area contributed by atoms with E-state index in [4.69, 9.17) is 9.84 Å². The predicted octanol–water partition coefficient (Wildman–Crippen LogP) is 0.974. The van der Waals surface area contributed by atoms with Gasteiger partial charge in [-0.05, 0) is 24.6 Å². The Labute approximate surface area is 110 Å². The van der Waals surface area contributed by atoms with Gasteiger partial charge in [-0.2, -0.15) is 0 Å². The van der Waals surface area contributed by atoms with Crippen LogP contribution in [0, 0.1) is 5.82 Å². The van der Waals surface area contributed by atoms with Gasteiger partial charge in [0.25, 0.3) is 0 Å². The molecule has 5 nitrogen and oxygen atoms in total. The molecule has 0 unspecified atom stereocenters. The average Bonchev–Trinajstić information content (AvgIpc) is 2.35. The number of hydrogen-bond donors (Lipinski definition) is 2. The van der Waals surface area contributed by atoms with Crippen molar-refractivity contribution >= 4 is 11.9 Å². The Balaban J connectivity index is 2.63. The standard InChI is InChI=1S/C13H16FNO4/c1-2-19-8-12(16)15-11(13(17)18)7-9-4-3-5-10(14)6-9/h3-6,11H,2,7-8H2,1H3,(H,15,16)(H,17,18)/t11-/m1/s1. The number of amides is 1. The van der Waals surface area contributed by atoms with Crippen LogP contribution in [0.5, 0.6) is 0 Å². The molecule has 2 N–H and O–H groups in total. The fraction of sp³-hybridized carbons (Fsp3) is 0.385. The number of carboxylic acids is 1. The van der Waals surface area contributed by atoms with Gasteiger partial charge in [0, 0.05) is 13.0 Å². The molecule has 1 aromatic carbocycles. The maximum atomic E-state index is 13.0. The highest BCUT2D eigenvalue weighted by atomic mass is 19.1. The highest BCUT2D eigenvalue weighted by Gasteiger charge is 2.20. The third-order valence-corrected chi connectivity index (χ3v) is 2.40. The summed E-state index contributed by atoms with van der Waals surface area (Å²) in [5, 5.41) is 11.4. The summed E-state index contributed by atoms with van der Waals surface area (Å²) in [5.41, 5.74) is 0.504. The molecule has 0 bridgehead atoms. The van der Waals surface area contributed by atoms with Gasteiger partial charge in [-0.1, -0.05) is 12.1 Å². The SMILES string of the molecule is CCOCC(=O)N[C@H](Cc1cccc(F)c1)C(=O)O. The van der Waals surface area contributed by atoms with Crippen LogP contribution in [0.4, 0.5) is 4.39 Å². The van der Waals surface area contributed by atoms with E-state index in [1.807, 2.05) is 0 Å². The molecule has 1 atom stereocenters. The van der Waals surface area contributed by atoms with Crippen LogP contribution in [0.1, 0.15) is 12.5 Å². The topological polar surface area (TPSA) is 75.6 Å². The van der Waals surface area contributed by atoms with Gasteiger partial charge in [0.1, 0.15) is 18.5 Å². The fourth-order valence-corrected chi connectivity index (χ4v) is 1.53. The van der Waals surface area contributed by atoms with Gasteiger partial charge in [0.2, 0.25) is 5.91 Å². The minimum Gasteiger partial charge on any atom is -0.480 e. The van der Waals surface area contributed by atoms with Gasteiger partial charge in [-0.25, -0.2) is 9.18 Å². The Morgan fingerprint density at radius 2 is 2.21 bits per heavy atom. The second-order valence-electron chi connectivity index (χ2n) is 3.93. The number of benzene rings is 1. The van der Waals surface area contributed by atoms with Crippen molar-refractivity contribution in [1.29, 1.82) is 0 Å². The van der Waals surface area contributed by atoms with Crippen molar-refractivity contribution in [2.45, 2.75) is 19.4 Å². The number of halogens is 1. The number of ether oxygens (including phenoxy) is 1. The van der Waals surface area contributed by atoms with Gasteiger partial charge in [0.15, 0.2) is 0 Å². The number of nitrogens with one attached hydrogen (secondary N) is 1. The molecule has 0 saturated heterocycles. The van der Waals surface area contributed by atoms with Gasteiger partial charge in [-0.15, -0.1) is 0 Å². The molecule has 0 spiro atoms. The third kappa shape index (κ3) is 5.48. The normalized spacial score (nSPS) is 11.9. The first-order valence-corrected chi connectivity index (χ1v) is 5.87. The summed E-state index contributed by atoms with van der Waals surface area (Å²) >= 11 is 0. The Hall–Kier alpha value is -1.95. The molecule has 0 aliphatic carbocycles. The van der Waals surface area contributed by atoms with E-state index in [-0.39, 0.29) is 13.0 Å². The first-order chi connectivity index (χ1) is 9.02. The van der Waals surface area contributed by atoms with E-state index in [1.165, 1.54) is 18.2 Å². The molecular weight excluding hydrogens is 253 g/mol. The Morgan fingerprint density at radius 3 is 2.79 bits per heavy atom. The van der Waals surface area contributed by atoms with Crippen molar-refractivity contribution in [3.8, 4) is 0 Å². The average molecular weight is 269 g/mol. The van der Waals surface area contributed by atoms with Crippen LogP contribution in [0.3, 0.4) is 0 Å². The minimum absolute atomic E-state index is 0.0188. The van der Waals surface area contributed by atoms with Gasteiger partial charge in [0.05, 0.1) is 0 Å². The van der Waals surface area contributed by atoms with Crippen molar-refractivity contribution in [3.63, 3.8) is 0 Å². The number of aliphatic carboxylic acids is 1. The van der Waals surface area contributed by atoms with Crippen molar-refractivity contribution in [2.75, 3.05) is 13.2 Å². The second-order valence-corrected chi connectivity index (χ2v) is 3.93. The highest BCUT2D eigenvalue weighted by molar-refractivity contribution is 5.84. The summed E-state index contributed by atoms with van der Waals surface area (Å²) in [6.07, 6.45) is 0.0188. The van der Waals surface area contributed by atoms with E-state index in [9.17, 15) is 14.0 Å². The second kappa shape index (κ2) is 7.48. The van der Waals surface area contributed by atoms with Crippen molar-refractivity contribution in [2.24, 2.45) is 0 Å². The van der Waals surface area contributed by atoms with E-state index < -0.39 is 23.7 Å². The quantitative estimate of drug-likeness (QED) is 0.773. The van der Waals surface area contributed by atoms with Crippen LogP contribution >= 0.6 is 0 Å². The van der Waals surface area contributed by atoms with Gasteiger partial charge in [-0.3, -0.25) is 4.79 Å². The first-order valence-electron chi connectivity index (χ1n) is 5.87. The molecule has 6 heteroatoms. The number of carbonyl (C=O) groups excluding carboxylic acids is 1. The zero-order chi connectivity index (χ0) is 14.3. The Morgan fingerprint density at radius 1 is 1.47 bits per heavy atom. The maximum absolute atomic E-state index is 13.0. The molecule has 104 valence electrons. The molecule has 0 saturated carbocycles. The number of hydrogen-bond acceptors (Lipinski definition) is 3. The monoisotopic (exact) mass is 269 g/mol. The summed E-state index contributed by atoms with van der Waals surface area (Å²) in [6.45, 7) is 1.91.